The minimum Gasteiger partial charge on any atom is -0.390 e. The van der Waals surface area contributed by atoms with Crippen molar-refractivity contribution in [3.63, 3.8) is 0 Å². The average Bonchev–Trinajstić information content (AvgIpc) is 2.69. The molecule has 0 unspecified atom stereocenters. The van der Waals surface area contributed by atoms with Crippen LogP contribution in [0, 0.1) is 0 Å². The van der Waals surface area contributed by atoms with Crippen molar-refractivity contribution in [2.75, 3.05) is 7.11 Å². The number of rotatable bonds is 4. The molecule has 0 aliphatic carbocycles. The third-order valence-corrected chi connectivity index (χ3v) is 3.09. The van der Waals surface area contributed by atoms with Gasteiger partial charge in [0.25, 0.3) is 0 Å². The average molecular weight is 244 g/mol. The van der Waals surface area contributed by atoms with Gasteiger partial charge in [0.15, 0.2) is 12.1 Å². The Bertz CT molecular complexity index is 291. The van der Waals surface area contributed by atoms with E-state index >= 15 is 0 Å². The molecule has 2 fully saturated rings. The molecule has 17 heavy (non-hydrogen) atoms. The Morgan fingerprint density at radius 2 is 2.18 bits per heavy atom. The highest BCUT2D eigenvalue weighted by Crippen LogP contribution is 2.39. The van der Waals surface area contributed by atoms with Gasteiger partial charge in [0.1, 0.15) is 18.3 Å². The maximum atomic E-state index is 9.95. The monoisotopic (exact) mass is 244 g/mol. The highest BCUT2D eigenvalue weighted by molar-refractivity contribution is 4.97. The van der Waals surface area contributed by atoms with Crippen LogP contribution >= 0.6 is 0 Å². The van der Waals surface area contributed by atoms with Gasteiger partial charge in [-0.3, -0.25) is 0 Å². The van der Waals surface area contributed by atoms with Gasteiger partial charge in [-0.15, -0.1) is 6.58 Å². The zero-order valence-corrected chi connectivity index (χ0v) is 10.5. The van der Waals surface area contributed by atoms with Crippen molar-refractivity contribution in [3.05, 3.63) is 12.7 Å². The van der Waals surface area contributed by atoms with Gasteiger partial charge in [0, 0.05) is 7.11 Å². The Morgan fingerprint density at radius 3 is 2.76 bits per heavy atom. The summed E-state index contributed by atoms with van der Waals surface area (Å²) in [6.45, 7) is 7.26. The highest BCUT2D eigenvalue weighted by Gasteiger charge is 2.56. The smallest absolute Gasteiger partial charge is 0.190 e. The fourth-order valence-electron chi connectivity index (χ4n) is 2.39. The quantitative estimate of drug-likeness (QED) is 0.742. The number of hydrogen-bond acceptors (Lipinski definition) is 5. The van der Waals surface area contributed by atoms with Gasteiger partial charge in [-0.1, -0.05) is 6.08 Å². The largest absolute Gasteiger partial charge is 0.390 e. The summed E-state index contributed by atoms with van der Waals surface area (Å²) in [4.78, 5) is 0. The summed E-state index contributed by atoms with van der Waals surface area (Å²) in [6, 6.07) is 0. The minimum atomic E-state index is -0.666. The van der Waals surface area contributed by atoms with Gasteiger partial charge in [-0.2, -0.15) is 0 Å². The molecule has 5 nitrogen and oxygen atoms in total. The zero-order valence-electron chi connectivity index (χ0n) is 10.5. The molecule has 98 valence electrons. The molecule has 1 N–H and O–H groups in total. The van der Waals surface area contributed by atoms with Crippen LogP contribution in [0.3, 0.4) is 0 Å². The number of ether oxygens (including phenoxy) is 4. The van der Waals surface area contributed by atoms with Gasteiger partial charge in [-0.05, 0) is 20.3 Å². The molecule has 0 spiro atoms. The highest BCUT2D eigenvalue weighted by atomic mass is 16.8. The van der Waals surface area contributed by atoms with E-state index in [4.69, 9.17) is 18.9 Å². The molecule has 2 aliphatic heterocycles. The van der Waals surface area contributed by atoms with Crippen molar-refractivity contribution >= 4 is 0 Å². The maximum absolute atomic E-state index is 9.95. The third kappa shape index (κ3) is 2.39. The second-order valence-corrected chi connectivity index (χ2v) is 4.86. The van der Waals surface area contributed by atoms with E-state index in [-0.39, 0.29) is 12.2 Å². The molecule has 2 saturated heterocycles. The van der Waals surface area contributed by atoms with Crippen LogP contribution in [0.2, 0.25) is 0 Å². The van der Waals surface area contributed by atoms with Gasteiger partial charge in [0.05, 0.1) is 6.10 Å². The van der Waals surface area contributed by atoms with E-state index in [0.29, 0.717) is 6.42 Å². The van der Waals surface area contributed by atoms with Crippen LogP contribution < -0.4 is 0 Å². The van der Waals surface area contributed by atoms with Crippen molar-refractivity contribution in [1.82, 2.24) is 0 Å². The van der Waals surface area contributed by atoms with E-state index in [1.165, 1.54) is 0 Å². The minimum absolute atomic E-state index is 0.292. The van der Waals surface area contributed by atoms with Crippen molar-refractivity contribution in [2.45, 2.75) is 56.8 Å². The predicted molar refractivity (Wildman–Crippen MR) is 60.3 cm³/mol. The summed E-state index contributed by atoms with van der Waals surface area (Å²) < 4.78 is 22.4. The molecule has 0 saturated carbocycles. The summed E-state index contributed by atoms with van der Waals surface area (Å²) in [5, 5.41) is 9.95. The summed E-state index contributed by atoms with van der Waals surface area (Å²) in [5.41, 5.74) is 0. The van der Waals surface area contributed by atoms with Gasteiger partial charge in [-0.25, -0.2) is 0 Å². The normalized spacial score (nSPS) is 41.2. The van der Waals surface area contributed by atoms with E-state index in [2.05, 4.69) is 6.58 Å². The number of aliphatic hydroxyl groups excluding tert-OH is 1. The molecule has 0 aromatic carbocycles. The fourth-order valence-corrected chi connectivity index (χ4v) is 2.39. The number of methoxy groups -OCH3 is 1. The first-order valence-corrected chi connectivity index (χ1v) is 5.81. The van der Waals surface area contributed by atoms with Gasteiger partial charge in [0.2, 0.25) is 0 Å². The summed E-state index contributed by atoms with van der Waals surface area (Å²) in [6.07, 6.45) is -0.0773. The van der Waals surface area contributed by atoms with Crippen molar-refractivity contribution in [1.29, 1.82) is 0 Å². The zero-order chi connectivity index (χ0) is 12.6. The van der Waals surface area contributed by atoms with Crippen LogP contribution in [-0.4, -0.2) is 48.7 Å². The summed E-state index contributed by atoms with van der Waals surface area (Å²) in [7, 11) is 1.58. The maximum Gasteiger partial charge on any atom is 0.190 e. The lowest BCUT2D eigenvalue weighted by Crippen LogP contribution is -2.41. The number of aliphatic hydroxyl groups is 1. The van der Waals surface area contributed by atoms with Crippen LogP contribution in [0.25, 0.3) is 0 Å². The molecule has 0 aromatic rings. The SMILES string of the molecule is C=CC[C@H](O)[C@H]1O[C@@H]2OC(C)(C)O[C@@H]2[C@H]1OC. The first-order valence-electron chi connectivity index (χ1n) is 5.81. The number of fused-ring (bicyclic) bond motifs is 1. The Hall–Kier alpha value is -0.460. The molecule has 0 aromatic heterocycles. The first kappa shape index (κ1) is 13.0. The van der Waals surface area contributed by atoms with E-state index in [0.717, 1.165) is 0 Å². The van der Waals surface area contributed by atoms with E-state index in [9.17, 15) is 5.11 Å². The van der Waals surface area contributed by atoms with Crippen molar-refractivity contribution < 1.29 is 24.1 Å². The predicted octanol–water partition coefficient (Wildman–Crippen LogP) is 0.815. The Labute approximate surface area is 101 Å². The van der Waals surface area contributed by atoms with Crippen LogP contribution in [0.5, 0.6) is 0 Å². The van der Waals surface area contributed by atoms with Crippen LogP contribution in [-0.2, 0) is 18.9 Å². The van der Waals surface area contributed by atoms with Crippen molar-refractivity contribution in [2.24, 2.45) is 0 Å². The Kier molecular flexibility index (Phi) is 3.56. The van der Waals surface area contributed by atoms with E-state index in [1.807, 2.05) is 13.8 Å². The number of hydrogen-bond donors (Lipinski definition) is 1. The molecule has 0 bridgehead atoms. The summed E-state index contributed by atoms with van der Waals surface area (Å²) >= 11 is 0. The van der Waals surface area contributed by atoms with Crippen LogP contribution in [0.4, 0.5) is 0 Å². The molecular formula is C12H20O5. The van der Waals surface area contributed by atoms with Gasteiger partial charge >= 0.3 is 0 Å². The van der Waals surface area contributed by atoms with E-state index < -0.39 is 24.3 Å². The second-order valence-electron chi connectivity index (χ2n) is 4.86. The van der Waals surface area contributed by atoms with Crippen LogP contribution in [0.1, 0.15) is 20.3 Å². The molecule has 5 atom stereocenters. The first-order chi connectivity index (χ1) is 7.98. The molecular weight excluding hydrogens is 224 g/mol. The standard InChI is InChI=1S/C12H20O5/c1-5-6-7(13)8-9(14-4)10-11(15-8)17-12(2,3)16-10/h5,7-11,13H,1,6H2,2-4H3/t7-,8+,9-,10+,11+/m0/s1. The molecule has 2 rings (SSSR count). The molecule has 2 heterocycles. The molecule has 0 radical (unpaired) electrons. The second kappa shape index (κ2) is 4.66. The Morgan fingerprint density at radius 1 is 1.47 bits per heavy atom. The lowest BCUT2D eigenvalue weighted by molar-refractivity contribution is -0.227. The van der Waals surface area contributed by atoms with Crippen LogP contribution in [0.15, 0.2) is 12.7 Å². The summed E-state index contributed by atoms with van der Waals surface area (Å²) in [5.74, 6) is -0.666. The topological polar surface area (TPSA) is 57.2 Å². The lowest BCUT2D eigenvalue weighted by Gasteiger charge is -2.27. The molecule has 2 aliphatic rings. The fraction of sp³-hybridized carbons (Fsp3) is 0.833. The molecule has 0 amide bonds. The third-order valence-electron chi connectivity index (χ3n) is 3.09. The van der Waals surface area contributed by atoms with Gasteiger partial charge < -0.3 is 24.1 Å². The molecule has 5 heteroatoms. The van der Waals surface area contributed by atoms with Crippen molar-refractivity contribution in [3.8, 4) is 0 Å². The Balaban J connectivity index is 2.07. The lowest BCUT2D eigenvalue weighted by atomic mass is 10.0. The van der Waals surface area contributed by atoms with E-state index in [1.54, 1.807) is 13.2 Å².